The molecule has 23 heavy (non-hydrogen) atoms. The maximum Gasteiger partial charge on any atom is 0.1000 e. The van der Waals surface area contributed by atoms with Crippen molar-refractivity contribution in [1.29, 1.82) is 0 Å². The SMILES string of the molecule is Cn1cc(CNCC(C)(O)c2ccsc2)c(-c2ccncc2)n1. The number of pyridine rings is 1. The molecule has 0 aliphatic carbocycles. The lowest BCUT2D eigenvalue weighted by Crippen LogP contribution is -2.34. The Kier molecular flexibility index (Phi) is 4.56. The van der Waals surface area contributed by atoms with Gasteiger partial charge in [0.05, 0.1) is 11.3 Å². The molecular weight excluding hydrogens is 308 g/mol. The molecule has 3 aromatic heterocycles. The van der Waals surface area contributed by atoms with E-state index in [9.17, 15) is 5.11 Å². The van der Waals surface area contributed by atoms with Crippen LogP contribution in [-0.4, -0.2) is 26.4 Å². The van der Waals surface area contributed by atoms with Gasteiger partial charge in [0.2, 0.25) is 0 Å². The molecule has 0 bridgehead atoms. The summed E-state index contributed by atoms with van der Waals surface area (Å²) in [6, 6.07) is 5.86. The third-order valence-corrected chi connectivity index (χ3v) is 4.47. The average Bonchev–Trinajstić information content (AvgIpc) is 3.18. The van der Waals surface area contributed by atoms with Crippen LogP contribution in [0.5, 0.6) is 0 Å². The molecule has 0 aromatic carbocycles. The highest BCUT2D eigenvalue weighted by Crippen LogP contribution is 2.23. The van der Waals surface area contributed by atoms with Gasteiger partial charge in [0.1, 0.15) is 0 Å². The van der Waals surface area contributed by atoms with Crippen molar-refractivity contribution in [2.45, 2.75) is 19.1 Å². The maximum atomic E-state index is 10.6. The summed E-state index contributed by atoms with van der Waals surface area (Å²) in [7, 11) is 1.91. The molecule has 1 atom stereocenters. The van der Waals surface area contributed by atoms with Crippen molar-refractivity contribution in [2.24, 2.45) is 7.05 Å². The molecule has 0 amide bonds. The first-order valence-electron chi connectivity index (χ1n) is 7.45. The highest BCUT2D eigenvalue weighted by atomic mass is 32.1. The molecular formula is C17H20N4OS. The number of nitrogens with zero attached hydrogens (tertiary/aromatic N) is 3. The van der Waals surface area contributed by atoms with Crippen LogP contribution >= 0.6 is 11.3 Å². The van der Waals surface area contributed by atoms with Crippen molar-refractivity contribution in [3.8, 4) is 11.3 Å². The normalized spacial score (nSPS) is 13.9. The van der Waals surface area contributed by atoms with E-state index >= 15 is 0 Å². The third-order valence-electron chi connectivity index (χ3n) is 3.79. The van der Waals surface area contributed by atoms with E-state index in [0.29, 0.717) is 13.1 Å². The number of nitrogens with one attached hydrogen (secondary N) is 1. The van der Waals surface area contributed by atoms with E-state index in [1.807, 2.05) is 53.8 Å². The fourth-order valence-corrected chi connectivity index (χ4v) is 3.32. The van der Waals surface area contributed by atoms with Crippen LogP contribution in [0, 0.1) is 0 Å². The Balaban J connectivity index is 1.70. The van der Waals surface area contributed by atoms with Crippen LogP contribution in [0.4, 0.5) is 0 Å². The van der Waals surface area contributed by atoms with Gasteiger partial charge in [-0.25, -0.2) is 0 Å². The van der Waals surface area contributed by atoms with Crippen molar-refractivity contribution in [2.75, 3.05) is 6.54 Å². The Labute approximate surface area is 139 Å². The number of hydrogen-bond donors (Lipinski definition) is 2. The first-order valence-corrected chi connectivity index (χ1v) is 8.39. The lowest BCUT2D eigenvalue weighted by Gasteiger charge is -2.22. The minimum atomic E-state index is -0.876. The predicted molar refractivity (Wildman–Crippen MR) is 92.0 cm³/mol. The molecule has 3 aromatic rings. The van der Waals surface area contributed by atoms with E-state index in [0.717, 1.165) is 22.4 Å². The van der Waals surface area contributed by atoms with E-state index in [2.05, 4.69) is 15.4 Å². The van der Waals surface area contributed by atoms with E-state index < -0.39 is 5.60 Å². The van der Waals surface area contributed by atoms with Gasteiger partial charge in [0.25, 0.3) is 0 Å². The van der Waals surface area contributed by atoms with Gasteiger partial charge in [0, 0.05) is 49.9 Å². The lowest BCUT2D eigenvalue weighted by atomic mass is 9.99. The molecule has 0 aliphatic heterocycles. The number of rotatable bonds is 6. The molecule has 6 heteroatoms. The predicted octanol–water partition coefficient (Wildman–Crippen LogP) is 2.54. The molecule has 0 spiro atoms. The van der Waals surface area contributed by atoms with Crippen LogP contribution in [0.3, 0.4) is 0 Å². The van der Waals surface area contributed by atoms with Gasteiger partial charge in [-0.15, -0.1) is 0 Å². The number of aryl methyl sites for hydroxylation is 1. The van der Waals surface area contributed by atoms with Crippen molar-refractivity contribution in [3.05, 3.63) is 58.7 Å². The van der Waals surface area contributed by atoms with Crippen LogP contribution < -0.4 is 5.32 Å². The Morgan fingerprint density at radius 3 is 2.78 bits per heavy atom. The Morgan fingerprint density at radius 1 is 1.30 bits per heavy atom. The largest absolute Gasteiger partial charge is 0.384 e. The summed E-state index contributed by atoms with van der Waals surface area (Å²) < 4.78 is 1.81. The Bertz CT molecular complexity index is 750. The van der Waals surface area contributed by atoms with Crippen molar-refractivity contribution >= 4 is 11.3 Å². The summed E-state index contributed by atoms with van der Waals surface area (Å²) in [4.78, 5) is 4.05. The van der Waals surface area contributed by atoms with Crippen LogP contribution in [-0.2, 0) is 19.2 Å². The standard InChI is InChI=1S/C17H20N4OS/c1-17(22,15-5-8-23-11-15)12-19-9-14-10-21(2)20-16(14)13-3-6-18-7-4-13/h3-8,10-11,19,22H,9,12H2,1-2H3. The Hall–Kier alpha value is -2.02. The quantitative estimate of drug-likeness (QED) is 0.730. The molecule has 5 nitrogen and oxygen atoms in total. The lowest BCUT2D eigenvalue weighted by molar-refractivity contribution is 0.0571. The summed E-state index contributed by atoms with van der Waals surface area (Å²) in [5.41, 5.74) is 3.15. The topological polar surface area (TPSA) is 63.0 Å². The minimum Gasteiger partial charge on any atom is -0.384 e. The second-order valence-electron chi connectivity index (χ2n) is 5.80. The molecule has 1 unspecified atom stereocenters. The molecule has 0 saturated heterocycles. The monoisotopic (exact) mass is 328 g/mol. The number of aliphatic hydroxyl groups is 1. The second-order valence-corrected chi connectivity index (χ2v) is 6.58. The zero-order chi connectivity index (χ0) is 16.3. The molecule has 3 rings (SSSR count). The highest BCUT2D eigenvalue weighted by Gasteiger charge is 2.23. The van der Waals surface area contributed by atoms with Crippen LogP contribution in [0.1, 0.15) is 18.1 Å². The van der Waals surface area contributed by atoms with Gasteiger partial charge in [-0.2, -0.15) is 16.4 Å². The first kappa shape index (κ1) is 15.9. The van der Waals surface area contributed by atoms with E-state index in [1.54, 1.807) is 23.7 Å². The van der Waals surface area contributed by atoms with Gasteiger partial charge < -0.3 is 10.4 Å². The number of aromatic nitrogens is 3. The summed E-state index contributed by atoms with van der Waals surface area (Å²) in [6.07, 6.45) is 5.53. The first-order chi connectivity index (χ1) is 11.1. The van der Waals surface area contributed by atoms with Gasteiger partial charge in [-0.3, -0.25) is 9.67 Å². The molecule has 3 heterocycles. The fraction of sp³-hybridized carbons (Fsp3) is 0.294. The fourth-order valence-electron chi connectivity index (χ4n) is 2.53. The van der Waals surface area contributed by atoms with Crippen molar-refractivity contribution in [1.82, 2.24) is 20.1 Å². The van der Waals surface area contributed by atoms with Crippen molar-refractivity contribution < 1.29 is 5.11 Å². The van der Waals surface area contributed by atoms with Crippen LogP contribution in [0.2, 0.25) is 0 Å². The summed E-state index contributed by atoms with van der Waals surface area (Å²) in [5.74, 6) is 0. The van der Waals surface area contributed by atoms with E-state index in [4.69, 9.17) is 0 Å². The summed E-state index contributed by atoms with van der Waals surface area (Å²) in [5, 5.41) is 22.4. The highest BCUT2D eigenvalue weighted by molar-refractivity contribution is 7.08. The number of hydrogen-bond acceptors (Lipinski definition) is 5. The van der Waals surface area contributed by atoms with Gasteiger partial charge in [-0.05, 0) is 41.4 Å². The van der Waals surface area contributed by atoms with Crippen LogP contribution in [0.25, 0.3) is 11.3 Å². The molecule has 2 N–H and O–H groups in total. The van der Waals surface area contributed by atoms with Crippen molar-refractivity contribution in [3.63, 3.8) is 0 Å². The molecule has 0 aliphatic rings. The minimum absolute atomic E-state index is 0.481. The van der Waals surface area contributed by atoms with E-state index in [-0.39, 0.29) is 0 Å². The molecule has 0 fully saturated rings. The second kappa shape index (κ2) is 6.62. The third kappa shape index (κ3) is 3.67. The Morgan fingerprint density at radius 2 is 2.09 bits per heavy atom. The van der Waals surface area contributed by atoms with Gasteiger partial charge in [0.15, 0.2) is 0 Å². The summed E-state index contributed by atoms with van der Waals surface area (Å²) >= 11 is 1.59. The smallest absolute Gasteiger partial charge is 0.1000 e. The molecule has 0 saturated carbocycles. The van der Waals surface area contributed by atoms with Gasteiger partial charge >= 0.3 is 0 Å². The molecule has 120 valence electrons. The average molecular weight is 328 g/mol. The maximum absolute atomic E-state index is 10.6. The zero-order valence-electron chi connectivity index (χ0n) is 13.2. The zero-order valence-corrected chi connectivity index (χ0v) is 14.0. The molecule has 0 radical (unpaired) electrons. The summed E-state index contributed by atoms with van der Waals surface area (Å²) in [6.45, 7) is 2.95. The number of thiophene rings is 1. The van der Waals surface area contributed by atoms with Gasteiger partial charge in [-0.1, -0.05) is 0 Å². The van der Waals surface area contributed by atoms with Crippen LogP contribution in [0.15, 0.2) is 47.5 Å². The van der Waals surface area contributed by atoms with E-state index in [1.165, 1.54) is 0 Å².